The Kier molecular flexibility index (Phi) is 6.77. The van der Waals surface area contributed by atoms with Crippen LogP contribution < -0.4 is 9.21 Å². The van der Waals surface area contributed by atoms with Crippen LogP contribution in [0.5, 0.6) is 0 Å². The van der Waals surface area contributed by atoms with Gasteiger partial charge in [-0.3, -0.25) is 14.0 Å². The number of nitrogens with zero attached hydrogens (tertiary/aromatic N) is 4. The summed E-state index contributed by atoms with van der Waals surface area (Å²) >= 11 is 0. The van der Waals surface area contributed by atoms with Gasteiger partial charge in [0.1, 0.15) is 5.56 Å². The predicted octanol–water partition coefficient (Wildman–Crippen LogP) is 4.85. The maximum atomic E-state index is 13.5. The molecule has 1 aliphatic carbocycles. The summed E-state index contributed by atoms with van der Waals surface area (Å²) in [4.78, 5) is 27.5. The van der Waals surface area contributed by atoms with Crippen molar-refractivity contribution in [2.24, 2.45) is 11.8 Å². The van der Waals surface area contributed by atoms with Gasteiger partial charge in [-0.05, 0) is 81.3 Å². The van der Waals surface area contributed by atoms with Crippen LogP contribution in [0.1, 0.15) is 62.4 Å². The van der Waals surface area contributed by atoms with E-state index in [9.17, 15) is 23.1 Å². The lowest BCUT2D eigenvalue weighted by molar-refractivity contribution is -0.124. The van der Waals surface area contributed by atoms with E-state index in [1.165, 1.54) is 20.1 Å². The van der Waals surface area contributed by atoms with Crippen molar-refractivity contribution in [3.63, 3.8) is 0 Å². The SMILES string of the molecule is CC(C)N(c1nn(-c2ccc(N3Cc4ccccc4S3(=O)=O)cc2)cc1C(=O)O)C(=O)[C@H]1CC[C@H](C)CC1. The fourth-order valence-corrected chi connectivity index (χ4v) is 7.04. The number of anilines is 2. The third-order valence-electron chi connectivity index (χ3n) is 7.53. The zero-order chi connectivity index (χ0) is 27.2. The minimum absolute atomic E-state index is 0.0575. The van der Waals surface area contributed by atoms with Gasteiger partial charge < -0.3 is 5.11 Å². The van der Waals surface area contributed by atoms with Gasteiger partial charge in [0.15, 0.2) is 5.82 Å². The number of hydrogen-bond donors (Lipinski definition) is 1. The number of rotatable bonds is 6. The normalized spacial score (nSPS) is 20.4. The Morgan fingerprint density at radius 2 is 1.63 bits per heavy atom. The van der Waals surface area contributed by atoms with Gasteiger partial charge in [0.05, 0.1) is 22.8 Å². The molecule has 1 fully saturated rings. The van der Waals surface area contributed by atoms with Gasteiger partial charge in [-0.25, -0.2) is 17.9 Å². The number of hydrogen-bond acceptors (Lipinski definition) is 5. The van der Waals surface area contributed by atoms with Crippen molar-refractivity contribution in [3.8, 4) is 5.69 Å². The van der Waals surface area contributed by atoms with Crippen LogP contribution in [0.4, 0.5) is 11.5 Å². The third-order valence-corrected chi connectivity index (χ3v) is 9.40. The van der Waals surface area contributed by atoms with Crippen LogP contribution in [0.25, 0.3) is 5.69 Å². The van der Waals surface area contributed by atoms with E-state index in [-0.39, 0.29) is 35.8 Å². The lowest BCUT2D eigenvalue weighted by atomic mass is 9.82. The van der Waals surface area contributed by atoms with Gasteiger partial charge in [0, 0.05) is 18.2 Å². The van der Waals surface area contributed by atoms with Gasteiger partial charge in [-0.1, -0.05) is 25.1 Å². The molecule has 0 radical (unpaired) electrons. The molecule has 5 rings (SSSR count). The topological polar surface area (TPSA) is 113 Å². The number of sulfonamides is 1. The zero-order valence-electron chi connectivity index (χ0n) is 21.7. The molecule has 1 N–H and O–H groups in total. The molecule has 9 nitrogen and oxygen atoms in total. The van der Waals surface area contributed by atoms with Crippen LogP contribution in [0, 0.1) is 11.8 Å². The highest BCUT2D eigenvalue weighted by molar-refractivity contribution is 7.93. The van der Waals surface area contributed by atoms with E-state index >= 15 is 0 Å². The third kappa shape index (κ3) is 4.57. The van der Waals surface area contributed by atoms with E-state index in [0.29, 0.717) is 22.2 Å². The molecule has 1 amide bonds. The molecule has 1 aromatic heterocycles. The molecule has 2 aromatic carbocycles. The van der Waals surface area contributed by atoms with Crippen molar-refractivity contribution in [1.82, 2.24) is 9.78 Å². The quantitative estimate of drug-likeness (QED) is 0.482. The molecule has 10 heteroatoms. The van der Waals surface area contributed by atoms with Crippen LogP contribution in [-0.2, 0) is 21.4 Å². The molecule has 1 saturated carbocycles. The van der Waals surface area contributed by atoms with Gasteiger partial charge in [-0.15, -0.1) is 5.10 Å². The molecule has 0 saturated heterocycles. The molecule has 0 spiro atoms. The molecular formula is C28H32N4O5S. The molecule has 0 atom stereocenters. The van der Waals surface area contributed by atoms with Gasteiger partial charge >= 0.3 is 5.97 Å². The maximum Gasteiger partial charge on any atom is 0.341 e. The van der Waals surface area contributed by atoms with Crippen LogP contribution in [0.2, 0.25) is 0 Å². The van der Waals surface area contributed by atoms with Crippen LogP contribution in [0.15, 0.2) is 59.6 Å². The Bertz CT molecular complexity index is 1470. The van der Waals surface area contributed by atoms with E-state index in [1.54, 1.807) is 42.5 Å². The second-order valence-electron chi connectivity index (χ2n) is 10.5. The summed E-state index contributed by atoms with van der Waals surface area (Å²) in [6.07, 6.45) is 4.94. The fourth-order valence-electron chi connectivity index (χ4n) is 5.38. The second-order valence-corrected chi connectivity index (χ2v) is 12.3. The number of aromatic carboxylic acids is 1. The first kappa shape index (κ1) is 26.0. The lowest BCUT2D eigenvalue weighted by Gasteiger charge is -2.32. The lowest BCUT2D eigenvalue weighted by Crippen LogP contribution is -2.43. The average Bonchev–Trinajstić information content (AvgIpc) is 3.44. The highest BCUT2D eigenvalue weighted by atomic mass is 32.2. The van der Waals surface area contributed by atoms with E-state index < -0.39 is 16.0 Å². The molecule has 200 valence electrons. The van der Waals surface area contributed by atoms with E-state index in [0.717, 1.165) is 31.2 Å². The summed E-state index contributed by atoms with van der Waals surface area (Å²) in [5.74, 6) is -0.690. The molecule has 0 unspecified atom stereocenters. The predicted molar refractivity (Wildman–Crippen MR) is 144 cm³/mol. The molecule has 1 aliphatic heterocycles. The van der Waals surface area contributed by atoms with Crippen LogP contribution >= 0.6 is 0 Å². The number of carbonyl (C=O) groups excluding carboxylic acids is 1. The highest BCUT2D eigenvalue weighted by Gasteiger charge is 2.35. The summed E-state index contributed by atoms with van der Waals surface area (Å²) in [6, 6.07) is 13.4. The monoisotopic (exact) mass is 536 g/mol. The van der Waals surface area contributed by atoms with Crippen LogP contribution in [0.3, 0.4) is 0 Å². The van der Waals surface area contributed by atoms with Crippen molar-refractivity contribution in [1.29, 1.82) is 0 Å². The van der Waals surface area contributed by atoms with Gasteiger partial charge in [0.2, 0.25) is 5.91 Å². The van der Waals surface area contributed by atoms with Crippen LogP contribution in [-0.4, -0.2) is 41.2 Å². The molecular weight excluding hydrogens is 504 g/mol. The van der Waals surface area contributed by atoms with E-state index in [1.807, 2.05) is 19.9 Å². The van der Waals surface area contributed by atoms with Crippen molar-refractivity contribution in [2.75, 3.05) is 9.21 Å². The number of carboxylic acids is 1. The molecule has 38 heavy (non-hydrogen) atoms. The maximum absolute atomic E-state index is 13.5. The van der Waals surface area contributed by atoms with E-state index in [2.05, 4.69) is 12.0 Å². The van der Waals surface area contributed by atoms with Gasteiger partial charge in [0.25, 0.3) is 10.0 Å². The first-order valence-corrected chi connectivity index (χ1v) is 14.4. The van der Waals surface area contributed by atoms with Crippen molar-refractivity contribution >= 4 is 33.4 Å². The van der Waals surface area contributed by atoms with Crippen molar-refractivity contribution in [2.45, 2.75) is 63.9 Å². The van der Waals surface area contributed by atoms with Crippen molar-refractivity contribution < 1.29 is 23.1 Å². The summed E-state index contributed by atoms with van der Waals surface area (Å²) in [6.45, 7) is 6.15. The smallest absolute Gasteiger partial charge is 0.341 e. The summed E-state index contributed by atoms with van der Waals surface area (Å²) in [5.41, 5.74) is 1.74. The van der Waals surface area contributed by atoms with Gasteiger partial charge in [-0.2, -0.15) is 0 Å². The molecule has 0 bridgehead atoms. The number of fused-ring (bicyclic) bond motifs is 1. The minimum atomic E-state index is -3.65. The first-order chi connectivity index (χ1) is 18.1. The van der Waals surface area contributed by atoms with E-state index in [4.69, 9.17) is 0 Å². The molecule has 2 heterocycles. The fraction of sp³-hybridized carbons (Fsp3) is 0.393. The largest absolute Gasteiger partial charge is 0.477 e. The summed E-state index contributed by atoms with van der Waals surface area (Å²) in [7, 11) is -3.65. The highest BCUT2D eigenvalue weighted by Crippen LogP contribution is 2.35. The number of carbonyl (C=O) groups is 2. The Hall–Kier alpha value is -3.66. The summed E-state index contributed by atoms with van der Waals surface area (Å²) < 4.78 is 28.8. The zero-order valence-corrected chi connectivity index (χ0v) is 22.6. The number of benzene rings is 2. The molecule has 2 aliphatic rings. The Morgan fingerprint density at radius 1 is 1.00 bits per heavy atom. The summed E-state index contributed by atoms with van der Waals surface area (Å²) in [5, 5.41) is 14.5. The Labute approximate surface area is 222 Å². The average molecular weight is 537 g/mol. The standard InChI is InChI=1S/C28H32N4O5S/c1-18(2)32(27(33)20-10-8-19(3)9-11-20)26-24(28(34)35)17-30(29-26)22-12-14-23(15-13-22)31-16-21-6-4-5-7-25(21)38(31,36)37/h4-7,12-15,17-20H,8-11,16H2,1-3H3,(H,34,35)/t19-,20-. The first-order valence-electron chi connectivity index (χ1n) is 12.9. The number of amides is 1. The Morgan fingerprint density at radius 3 is 2.24 bits per heavy atom. The minimum Gasteiger partial charge on any atom is -0.477 e. The van der Waals surface area contributed by atoms with Crippen molar-refractivity contribution in [3.05, 3.63) is 65.9 Å². The second kappa shape index (κ2) is 9.90. The molecule has 3 aromatic rings. The Balaban J connectivity index is 1.45. The number of carboxylic acid groups (broad SMARTS) is 1. The number of aromatic nitrogens is 2.